The molecular weight excluding hydrogens is 312 g/mol. The molecule has 0 saturated carbocycles. The Bertz CT molecular complexity index is 592. The highest BCUT2D eigenvalue weighted by atomic mass is 32.1. The van der Waals surface area contributed by atoms with E-state index in [1.165, 1.54) is 0 Å². The summed E-state index contributed by atoms with van der Waals surface area (Å²) in [5.74, 6) is 0. The molecule has 2 aromatic heterocycles. The largest absolute Gasteiger partial charge is 0.334 e. The molecule has 0 aromatic carbocycles. The highest BCUT2D eigenvalue weighted by Gasteiger charge is 2.22. The minimum Gasteiger partial charge on any atom is -0.334 e. The van der Waals surface area contributed by atoms with Gasteiger partial charge in [0, 0.05) is 56.5 Å². The summed E-state index contributed by atoms with van der Waals surface area (Å²) in [6.07, 6.45) is 3.65. The van der Waals surface area contributed by atoms with Crippen LogP contribution in [0.5, 0.6) is 0 Å². The minimum absolute atomic E-state index is 0.0120. The Hall–Kier alpha value is -1.93. The number of aromatic nitrogens is 3. The molecule has 7 nitrogen and oxygen atoms in total. The number of thiazole rings is 1. The summed E-state index contributed by atoms with van der Waals surface area (Å²) in [4.78, 5) is 20.9. The van der Waals surface area contributed by atoms with Crippen molar-refractivity contribution in [2.24, 2.45) is 0 Å². The lowest BCUT2D eigenvalue weighted by atomic mass is 10.3. The predicted molar refractivity (Wildman–Crippen MR) is 89.2 cm³/mol. The first-order valence-corrected chi connectivity index (χ1v) is 8.77. The van der Waals surface area contributed by atoms with Gasteiger partial charge in [-0.15, -0.1) is 11.3 Å². The van der Waals surface area contributed by atoms with E-state index in [1.54, 1.807) is 17.5 Å². The molecule has 2 amide bonds. The van der Waals surface area contributed by atoms with Crippen molar-refractivity contribution in [1.29, 1.82) is 0 Å². The van der Waals surface area contributed by atoms with Crippen LogP contribution < -0.4 is 5.32 Å². The number of hydrogen-bond acceptors (Lipinski definition) is 5. The number of carbonyl (C=O) groups is 1. The zero-order valence-electron chi connectivity index (χ0n) is 13.3. The Kier molecular flexibility index (Phi) is 5.24. The van der Waals surface area contributed by atoms with Crippen molar-refractivity contribution in [3.8, 4) is 0 Å². The topological polar surface area (TPSA) is 66.3 Å². The van der Waals surface area contributed by atoms with E-state index in [1.807, 2.05) is 34.3 Å². The Balaban J connectivity index is 1.41. The summed E-state index contributed by atoms with van der Waals surface area (Å²) in [6.45, 7) is 6.83. The van der Waals surface area contributed by atoms with E-state index < -0.39 is 0 Å². The van der Waals surface area contributed by atoms with Crippen molar-refractivity contribution >= 4 is 17.4 Å². The number of urea groups is 1. The van der Waals surface area contributed by atoms with Crippen LogP contribution >= 0.6 is 11.3 Å². The first-order chi connectivity index (χ1) is 11.2. The van der Waals surface area contributed by atoms with E-state index in [4.69, 9.17) is 0 Å². The van der Waals surface area contributed by atoms with E-state index in [0.29, 0.717) is 6.54 Å². The minimum atomic E-state index is 0.0120. The first-order valence-electron chi connectivity index (χ1n) is 7.83. The second kappa shape index (κ2) is 7.56. The van der Waals surface area contributed by atoms with Crippen molar-refractivity contribution in [2.75, 3.05) is 26.2 Å². The third-order valence-electron chi connectivity index (χ3n) is 3.92. The van der Waals surface area contributed by atoms with Gasteiger partial charge >= 0.3 is 6.03 Å². The third-order valence-corrected chi connectivity index (χ3v) is 4.55. The monoisotopic (exact) mass is 334 g/mol. The van der Waals surface area contributed by atoms with Gasteiger partial charge in [0.1, 0.15) is 0 Å². The van der Waals surface area contributed by atoms with Gasteiger partial charge in [-0.2, -0.15) is 5.10 Å². The number of nitrogens with zero attached hydrogens (tertiary/aromatic N) is 5. The van der Waals surface area contributed by atoms with Gasteiger partial charge in [0.05, 0.1) is 17.7 Å². The molecule has 1 aliphatic heterocycles. The van der Waals surface area contributed by atoms with E-state index in [-0.39, 0.29) is 12.1 Å². The van der Waals surface area contributed by atoms with Gasteiger partial charge < -0.3 is 10.2 Å². The average Bonchev–Trinajstić information content (AvgIpc) is 3.21. The maximum absolute atomic E-state index is 12.3. The molecule has 1 N–H and O–H groups in total. The van der Waals surface area contributed by atoms with Crippen LogP contribution in [-0.4, -0.2) is 62.8 Å². The lowest BCUT2D eigenvalue weighted by molar-refractivity contribution is 0.132. The molecule has 0 spiro atoms. The molecule has 2 aromatic rings. The Morgan fingerprint density at radius 3 is 2.87 bits per heavy atom. The summed E-state index contributed by atoms with van der Waals surface area (Å²) in [5, 5.41) is 9.29. The van der Waals surface area contributed by atoms with Crippen molar-refractivity contribution in [3.05, 3.63) is 35.0 Å². The maximum Gasteiger partial charge on any atom is 0.317 e. The summed E-state index contributed by atoms with van der Waals surface area (Å²) in [5.41, 5.74) is 2.97. The normalized spacial score (nSPS) is 17.2. The van der Waals surface area contributed by atoms with Gasteiger partial charge in [0.15, 0.2) is 0 Å². The summed E-state index contributed by atoms with van der Waals surface area (Å²) in [6, 6.07) is 1.95. The van der Waals surface area contributed by atoms with E-state index >= 15 is 0 Å². The van der Waals surface area contributed by atoms with E-state index in [2.05, 4.69) is 25.7 Å². The van der Waals surface area contributed by atoms with Gasteiger partial charge in [-0.1, -0.05) is 0 Å². The fourth-order valence-electron chi connectivity index (χ4n) is 2.69. The van der Waals surface area contributed by atoms with Crippen molar-refractivity contribution < 1.29 is 4.79 Å². The van der Waals surface area contributed by atoms with E-state index in [0.717, 1.165) is 38.4 Å². The fraction of sp³-hybridized carbons (Fsp3) is 0.533. The van der Waals surface area contributed by atoms with Crippen LogP contribution in [0.4, 0.5) is 4.79 Å². The highest BCUT2D eigenvalue weighted by Crippen LogP contribution is 2.09. The van der Waals surface area contributed by atoms with Crippen molar-refractivity contribution in [1.82, 2.24) is 29.9 Å². The zero-order valence-corrected chi connectivity index (χ0v) is 14.1. The first kappa shape index (κ1) is 15.9. The summed E-state index contributed by atoms with van der Waals surface area (Å²) >= 11 is 1.62. The van der Waals surface area contributed by atoms with Crippen molar-refractivity contribution in [3.63, 3.8) is 0 Å². The fourth-order valence-corrected chi connectivity index (χ4v) is 3.24. The average molecular weight is 334 g/mol. The number of rotatable bonds is 5. The lowest BCUT2D eigenvalue weighted by Crippen LogP contribution is -2.53. The molecular formula is C15H22N6OS. The lowest BCUT2D eigenvalue weighted by Gasteiger charge is -2.35. The molecule has 1 aliphatic rings. The van der Waals surface area contributed by atoms with Crippen LogP contribution in [0.2, 0.25) is 0 Å². The zero-order chi connectivity index (χ0) is 16.1. The summed E-state index contributed by atoms with van der Waals surface area (Å²) < 4.78 is 1.83. The molecule has 0 bridgehead atoms. The molecule has 1 atom stereocenters. The quantitative estimate of drug-likeness (QED) is 0.894. The molecule has 124 valence electrons. The van der Waals surface area contributed by atoms with Crippen LogP contribution in [0.15, 0.2) is 29.4 Å². The van der Waals surface area contributed by atoms with E-state index in [9.17, 15) is 4.79 Å². The Morgan fingerprint density at radius 1 is 1.39 bits per heavy atom. The smallest absolute Gasteiger partial charge is 0.317 e. The number of amides is 2. The second-order valence-electron chi connectivity index (χ2n) is 5.82. The molecule has 8 heteroatoms. The Morgan fingerprint density at radius 2 is 2.22 bits per heavy atom. The van der Waals surface area contributed by atoms with Gasteiger partial charge in [-0.25, -0.2) is 9.78 Å². The van der Waals surface area contributed by atoms with Gasteiger partial charge in [-0.05, 0) is 13.0 Å². The molecule has 1 fully saturated rings. The number of hydrogen-bond donors (Lipinski definition) is 1. The number of nitrogens with one attached hydrogen (secondary N) is 1. The standard InChI is InChI=1S/C15H22N6OS/c1-13(9-21-4-2-3-17-21)18-15(22)20-7-5-19(6-8-20)10-14-11-23-12-16-14/h2-4,11-13H,5-10H2,1H3,(H,18,22). The SMILES string of the molecule is CC(Cn1cccn1)NC(=O)N1CCN(Cc2cscn2)CC1. The van der Waals surface area contributed by atoms with Gasteiger partial charge in [0.2, 0.25) is 0 Å². The van der Waals surface area contributed by atoms with Crippen LogP contribution in [-0.2, 0) is 13.1 Å². The van der Waals surface area contributed by atoms with Crippen LogP contribution in [0, 0.1) is 0 Å². The molecule has 3 rings (SSSR count). The predicted octanol–water partition coefficient (Wildman–Crippen LogP) is 1.26. The Labute approximate surface area is 139 Å². The molecule has 0 radical (unpaired) electrons. The molecule has 23 heavy (non-hydrogen) atoms. The number of carbonyl (C=O) groups excluding carboxylic acids is 1. The summed E-state index contributed by atoms with van der Waals surface area (Å²) in [7, 11) is 0. The molecule has 3 heterocycles. The third kappa shape index (κ3) is 4.52. The molecule has 1 saturated heterocycles. The maximum atomic E-state index is 12.3. The van der Waals surface area contributed by atoms with Crippen LogP contribution in [0.1, 0.15) is 12.6 Å². The van der Waals surface area contributed by atoms with Crippen LogP contribution in [0.3, 0.4) is 0 Å². The van der Waals surface area contributed by atoms with Gasteiger partial charge in [0.25, 0.3) is 0 Å². The van der Waals surface area contributed by atoms with Gasteiger partial charge in [-0.3, -0.25) is 9.58 Å². The molecule has 0 aliphatic carbocycles. The molecule has 1 unspecified atom stereocenters. The second-order valence-corrected chi connectivity index (χ2v) is 6.54. The van der Waals surface area contributed by atoms with Crippen molar-refractivity contribution in [2.45, 2.75) is 26.1 Å². The highest BCUT2D eigenvalue weighted by molar-refractivity contribution is 7.07. The number of piperazine rings is 1. The van der Waals surface area contributed by atoms with Crippen LogP contribution in [0.25, 0.3) is 0 Å².